The summed E-state index contributed by atoms with van der Waals surface area (Å²) in [6, 6.07) is 8.56. The quantitative estimate of drug-likeness (QED) is 0.633. The maximum Gasteiger partial charge on any atom is 0.320 e. The predicted molar refractivity (Wildman–Crippen MR) is 101 cm³/mol. The second-order valence-electron chi connectivity index (χ2n) is 5.25. The molecule has 26 heavy (non-hydrogen) atoms. The summed E-state index contributed by atoms with van der Waals surface area (Å²) in [6.45, 7) is 2.35. The summed E-state index contributed by atoms with van der Waals surface area (Å²) in [5.41, 5.74) is 1.78. The lowest BCUT2D eigenvalue weighted by Crippen LogP contribution is -2.28. The monoisotopic (exact) mass is 372 g/mol. The summed E-state index contributed by atoms with van der Waals surface area (Å²) in [4.78, 5) is 24.6. The van der Waals surface area contributed by atoms with Crippen molar-refractivity contribution in [3.05, 3.63) is 41.6 Å². The molecule has 3 aromatic rings. The summed E-state index contributed by atoms with van der Waals surface area (Å²) in [7, 11) is 1.56. The number of fused-ring (bicyclic) bond motifs is 1. The smallest absolute Gasteiger partial charge is 0.320 e. The van der Waals surface area contributed by atoms with E-state index in [4.69, 9.17) is 16.3 Å². The van der Waals surface area contributed by atoms with E-state index in [1.54, 1.807) is 31.4 Å². The molecule has 0 unspecified atom stereocenters. The van der Waals surface area contributed by atoms with Gasteiger partial charge in [-0.1, -0.05) is 11.6 Å². The summed E-state index contributed by atoms with van der Waals surface area (Å²) in [6.07, 6.45) is 1.48. The number of anilines is 3. The standard InChI is InChI=1S/C17H17ClN6O2/c1-3-19-17(25)24-15-9-20-12-5-7-14(22-16(12)23-15)21-10-4-6-13(26-2)11(18)8-10/h4-9H,3H2,1-2H3,(H3,19,21,22,23,24,25). The molecule has 2 aromatic heterocycles. The molecule has 0 saturated carbocycles. The van der Waals surface area contributed by atoms with E-state index in [0.717, 1.165) is 5.69 Å². The van der Waals surface area contributed by atoms with Crippen molar-refractivity contribution in [1.29, 1.82) is 0 Å². The van der Waals surface area contributed by atoms with E-state index >= 15 is 0 Å². The number of aromatic nitrogens is 3. The van der Waals surface area contributed by atoms with Crippen LogP contribution in [0.5, 0.6) is 5.75 Å². The normalized spacial score (nSPS) is 10.4. The van der Waals surface area contributed by atoms with E-state index in [1.165, 1.54) is 6.20 Å². The highest BCUT2D eigenvalue weighted by Gasteiger charge is 2.07. The number of methoxy groups -OCH3 is 1. The zero-order valence-corrected chi connectivity index (χ0v) is 15.0. The van der Waals surface area contributed by atoms with Gasteiger partial charge in [-0.05, 0) is 37.3 Å². The number of nitrogens with zero attached hydrogens (tertiary/aromatic N) is 3. The van der Waals surface area contributed by atoms with Crippen molar-refractivity contribution in [2.45, 2.75) is 6.92 Å². The van der Waals surface area contributed by atoms with E-state index in [1.807, 2.05) is 13.0 Å². The molecular formula is C17H17ClN6O2. The molecule has 134 valence electrons. The number of carbonyl (C=O) groups excluding carboxylic acids is 1. The van der Waals surface area contributed by atoms with Gasteiger partial charge < -0.3 is 15.4 Å². The van der Waals surface area contributed by atoms with Crippen LogP contribution in [0.4, 0.5) is 22.1 Å². The summed E-state index contributed by atoms with van der Waals surface area (Å²) >= 11 is 6.13. The van der Waals surface area contributed by atoms with Gasteiger partial charge in [0.25, 0.3) is 0 Å². The number of halogens is 1. The van der Waals surface area contributed by atoms with Crippen LogP contribution in [0.2, 0.25) is 5.02 Å². The van der Waals surface area contributed by atoms with Crippen molar-refractivity contribution in [2.75, 3.05) is 24.3 Å². The first-order valence-corrected chi connectivity index (χ1v) is 8.26. The van der Waals surface area contributed by atoms with Gasteiger partial charge in [0.15, 0.2) is 11.5 Å². The van der Waals surface area contributed by atoms with Crippen molar-refractivity contribution in [2.24, 2.45) is 0 Å². The largest absolute Gasteiger partial charge is 0.495 e. The number of nitrogens with one attached hydrogen (secondary N) is 3. The average Bonchev–Trinajstić information content (AvgIpc) is 2.62. The highest BCUT2D eigenvalue weighted by atomic mass is 35.5. The fourth-order valence-electron chi connectivity index (χ4n) is 2.24. The van der Waals surface area contributed by atoms with E-state index in [0.29, 0.717) is 40.1 Å². The Balaban J connectivity index is 1.83. The second kappa shape index (κ2) is 7.83. The molecule has 0 bridgehead atoms. The number of ether oxygens (including phenoxy) is 1. The van der Waals surface area contributed by atoms with Crippen LogP contribution in [-0.4, -0.2) is 34.6 Å². The maximum absolute atomic E-state index is 11.6. The van der Waals surface area contributed by atoms with Gasteiger partial charge in [0, 0.05) is 12.2 Å². The summed E-state index contributed by atoms with van der Waals surface area (Å²) in [5.74, 6) is 1.49. The highest BCUT2D eigenvalue weighted by Crippen LogP contribution is 2.28. The number of urea groups is 1. The first kappa shape index (κ1) is 17.7. The zero-order valence-electron chi connectivity index (χ0n) is 14.2. The van der Waals surface area contributed by atoms with Crippen LogP contribution in [0.3, 0.4) is 0 Å². The van der Waals surface area contributed by atoms with Crippen molar-refractivity contribution in [3.63, 3.8) is 0 Å². The molecule has 8 nitrogen and oxygen atoms in total. The fraction of sp³-hybridized carbons (Fsp3) is 0.176. The molecule has 2 heterocycles. The molecule has 3 rings (SSSR count). The number of pyridine rings is 1. The van der Waals surface area contributed by atoms with Gasteiger partial charge in [-0.15, -0.1) is 0 Å². The molecule has 2 amide bonds. The zero-order chi connectivity index (χ0) is 18.5. The van der Waals surface area contributed by atoms with Crippen molar-refractivity contribution >= 4 is 46.1 Å². The van der Waals surface area contributed by atoms with Crippen LogP contribution in [-0.2, 0) is 0 Å². The van der Waals surface area contributed by atoms with Gasteiger partial charge in [-0.25, -0.2) is 19.7 Å². The fourth-order valence-corrected chi connectivity index (χ4v) is 2.50. The molecule has 0 aliphatic heterocycles. The SMILES string of the molecule is CCNC(=O)Nc1cnc2ccc(Nc3ccc(OC)c(Cl)c3)nc2n1. The minimum atomic E-state index is -0.344. The number of hydrogen-bond donors (Lipinski definition) is 3. The van der Waals surface area contributed by atoms with Gasteiger partial charge in [0.1, 0.15) is 17.1 Å². The Morgan fingerprint density at radius 3 is 2.73 bits per heavy atom. The first-order valence-electron chi connectivity index (χ1n) is 7.88. The third-order valence-corrected chi connectivity index (χ3v) is 3.71. The van der Waals surface area contributed by atoms with Crippen LogP contribution in [0.25, 0.3) is 11.2 Å². The van der Waals surface area contributed by atoms with Crippen LogP contribution in [0.15, 0.2) is 36.5 Å². The highest BCUT2D eigenvalue weighted by molar-refractivity contribution is 6.32. The summed E-state index contributed by atoms with van der Waals surface area (Å²) in [5, 5.41) is 8.88. The second-order valence-corrected chi connectivity index (χ2v) is 5.66. The lowest BCUT2D eigenvalue weighted by molar-refractivity contribution is 0.252. The minimum Gasteiger partial charge on any atom is -0.495 e. The molecule has 0 spiro atoms. The Kier molecular flexibility index (Phi) is 5.33. The van der Waals surface area contributed by atoms with E-state index < -0.39 is 0 Å². The van der Waals surface area contributed by atoms with Gasteiger partial charge >= 0.3 is 6.03 Å². The molecule has 0 aliphatic rings. The predicted octanol–water partition coefficient (Wildman–Crippen LogP) is 3.57. The number of carbonyl (C=O) groups is 1. The molecule has 0 fully saturated rings. The van der Waals surface area contributed by atoms with Crippen molar-refractivity contribution < 1.29 is 9.53 Å². The Morgan fingerprint density at radius 1 is 1.19 bits per heavy atom. The van der Waals surface area contributed by atoms with E-state index in [2.05, 4.69) is 30.9 Å². The number of amides is 2. The number of benzene rings is 1. The Labute approximate surface area is 155 Å². The molecule has 9 heteroatoms. The molecule has 1 aromatic carbocycles. The van der Waals surface area contributed by atoms with Gasteiger partial charge in [-0.2, -0.15) is 0 Å². The van der Waals surface area contributed by atoms with Gasteiger partial charge in [0.05, 0.1) is 18.3 Å². The number of hydrogen-bond acceptors (Lipinski definition) is 6. The Bertz CT molecular complexity index is 950. The molecule has 0 saturated heterocycles. The number of rotatable bonds is 5. The first-order chi connectivity index (χ1) is 12.6. The minimum absolute atomic E-state index is 0.320. The van der Waals surface area contributed by atoms with Gasteiger partial charge in [-0.3, -0.25) is 5.32 Å². The van der Waals surface area contributed by atoms with E-state index in [-0.39, 0.29) is 6.03 Å². The average molecular weight is 373 g/mol. The van der Waals surface area contributed by atoms with Crippen molar-refractivity contribution in [3.8, 4) is 5.75 Å². The molecular weight excluding hydrogens is 356 g/mol. The van der Waals surface area contributed by atoms with Crippen LogP contribution in [0.1, 0.15) is 6.92 Å². The van der Waals surface area contributed by atoms with E-state index in [9.17, 15) is 4.79 Å². The lowest BCUT2D eigenvalue weighted by atomic mass is 10.3. The Hall–Kier alpha value is -3.13. The topological polar surface area (TPSA) is 101 Å². The third kappa shape index (κ3) is 4.09. The van der Waals surface area contributed by atoms with Crippen LogP contribution < -0.4 is 20.7 Å². The van der Waals surface area contributed by atoms with Crippen LogP contribution >= 0.6 is 11.6 Å². The molecule has 0 atom stereocenters. The molecule has 3 N–H and O–H groups in total. The Morgan fingerprint density at radius 2 is 2.00 bits per heavy atom. The van der Waals surface area contributed by atoms with Gasteiger partial charge in [0.2, 0.25) is 0 Å². The molecule has 0 radical (unpaired) electrons. The molecule has 0 aliphatic carbocycles. The van der Waals surface area contributed by atoms with Crippen molar-refractivity contribution in [1.82, 2.24) is 20.3 Å². The van der Waals surface area contributed by atoms with Crippen LogP contribution in [0, 0.1) is 0 Å². The lowest BCUT2D eigenvalue weighted by Gasteiger charge is -2.09. The maximum atomic E-state index is 11.6. The third-order valence-electron chi connectivity index (χ3n) is 3.41. The summed E-state index contributed by atoms with van der Waals surface area (Å²) < 4.78 is 5.14.